The van der Waals surface area contributed by atoms with E-state index in [9.17, 15) is 14.7 Å². The van der Waals surface area contributed by atoms with E-state index in [4.69, 9.17) is 21.1 Å². The predicted octanol–water partition coefficient (Wildman–Crippen LogP) is 8.01. The van der Waals surface area contributed by atoms with Crippen LogP contribution in [0.3, 0.4) is 0 Å². The summed E-state index contributed by atoms with van der Waals surface area (Å²) in [7, 11) is 0. The second-order valence-electron chi connectivity index (χ2n) is 11.2. The lowest BCUT2D eigenvalue weighted by Gasteiger charge is -2.23. The largest absolute Gasteiger partial charge is 0.507 e. The van der Waals surface area contributed by atoms with Crippen LogP contribution in [0.5, 0.6) is 11.5 Å². The quantitative estimate of drug-likeness (QED) is 0.0549. The van der Waals surface area contributed by atoms with Crippen LogP contribution in [0, 0.1) is 0 Å². The van der Waals surface area contributed by atoms with Crippen LogP contribution in [0.2, 0.25) is 5.02 Å². The molecule has 3 heterocycles. The van der Waals surface area contributed by atoms with E-state index in [1.807, 2.05) is 73.7 Å². The van der Waals surface area contributed by atoms with Gasteiger partial charge in [-0.15, -0.1) is 10.2 Å². The van der Waals surface area contributed by atoms with Crippen LogP contribution < -0.4 is 14.4 Å². The average molecular weight is 682 g/mol. The Bertz CT molecular complexity index is 2010. The van der Waals surface area contributed by atoms with Crippen LogP contribution in [-0.4, -0.2) is 33.1 Å². The number of aliphatic hydroxyl groups is 1. The Morgan fingerprint density at radius 3 is 2.66 bits per heavy atom. The molecular weight excluding hydrogens is 654 g/mol. The molecule has 0 radical (unpaired) electrons. The zero-order valence-corrected chi connectivity index (χ0v) is 27.5. The van der Waals surface area contributed by atoms with E-state index in [1.54, 1.807) is 30.3 Å². The molecule has 47 heavy (non-hydrogen) atoms. The summed E-state index contributed by atoms with van der Waals surface area (Å²) in [6, 6.07) is 28.8. The minimum Gasteiger partial charge on any atom is -0.507 e. The van der Waals surface area contributed by atoms with Gasteiger partial charge in [-0.25, -0.2) is 0 Å². The molecule has 1 fully saturated rings. The number of fused-ring (bicyclic) bond motifs is 1. The number of anilines is 1. The number of aromatic nitrogens is 2. The van der Waals surface area contributed by atoms with Crippen molar-refractivity contribution in [1.82, 2.24) is 10.2 Å². The number of benzene rings is 4. The summed E-state index contributed by atoms with van der Waals surface area (Å²) in [4.78, 5) is 28.9. The van der Waals surface area contributed by atoms with Crippen LogP contribution in [0.4, 0.5) is 5.13 Å². The van der Waals surface area contributed by atoms with E-state index in [0.29, 0.717) is 45.0 Å². The van der Waals surface area contributed by atoms with Crippen LogP contribution in [0.25, 0.3) is 5.76 Å². The highest BCUT2D eigenvalue weighted by molar-refractivity contribution is 8.00. The first-order chi connectivity index (χ1) is 22.9. The zero-order valence-electron chi connectivity index (χ0n) is 25.1. The van der Waals surface area contributed by atoms with Crippen molar-refractivity contribution in [3.63, 3.8) is 0 Å². The maximum Gasteiger partial charge on any atom is 0.301 e. The molecule has 5 aromatic rings. The second-order valence-corrected chi connectivity index (χ2v) is 13.8. The van der Waals surface area contributed by atoms with Crippen LogP contribution in [-0.2, 0) is 28.4 Å². The number of thioether (sulfide) groups is 1. The topological polar surface area (TPSA) is 102 Å². The fourth-order valence-corrected chi connectivity index (χ4v) is 7.85. The standard InChI is InChI=1S/C36H28ClN3O5S2/c1-21-16-26-17-24(14-15-29(26)45-21)32(41)30-31(23-11-7-12-27(18-23)44-19-22-8-3-2-4-9-22)40(34(43)33(30)42)35-38-39-36(47-35)46-20-25-10-5-6-13-28(25)37/h2-15,17-18,21,31,41H,16,19-20H2,1H3/b32-30-. The number of rotatable bonds is 9. The molecule has 2 aliphatic heterocycles. The molecule has 0 saturated carbocycles. The molecule has 1 N–H and O–H groups in total. The highest BCUT2D eigenvalue weighted by Crippen LogP contribution is 2.45. The minimum absolute atomic E-state index is 0.00832. The number of hydrogen-bond donors (Lipinski definition) is 1. The Labute approximate surface area is 284 Å². The third-order valence-corrected chi connectivity index (χ3v) is 10.4. The third kappa shape index (κ3) is 6.36. The number of amides is 1. The Morgan fingerprint density at radius 2 is 1.83 bits per heavy atom. The molecule has 0 bridgehead atoms. The Kier molecular flexibility index (Phi) is 8.72. The van der Waals surface area contributed by atoms with Crippen LogP contribution >= 0.6 is 34.7 Å². The van der Waals surface area contributed by atoms with E-state index in [0.717, 1.165) is 22.4 Å². The molecule has 8 nitrogen and oxygen atoms in total. The van der Waals surface area contributed by atoms with Crippen molar-refractivity contribution in [2.24, 2.45) is 0 Å². The monoisotopic (exact) mass is 681 g/mol. The van der Waals surface area contributed by atoms with Gasteiger partial charge in [0.25, 0.3) is 5.78 Å². The van der Waals surface area contributed by atoms with Crippen LogP contribution in [0.15, 0.2) is 107 Å². The van der Waals surface area contributed by atoms with Crippen molar-refractivity contribution in [2.45, 2.75) is 42.2 Å². The predicted molar refractivity (Wildman–Crippen MR) is 183 cm³/mol. The number of carbonyl (C=O) groups excluding carboxylic acids is 2. The fraction of sp³-hybridized carbons (Fsp3) is 0.167. The van der Waals surface area contributed by atoms with Crippen molar-refractivity contribution in [1.29, 1.82) is 0 Å². The molecule has 1 amide bonds. The van der Waals surface area contributed by atoms with Gasteiger partial charge in [0.15, 0.2) is 4.34 Å². The number of nitrogens with zero attached hydrogens (tertiary/aromatic N) is 3. The molecule has 7 rings (SSSR count). The lowest BCUT2D eigenvalue weighted by molar-refractivity contribution is -0.132. The van der Waals surface area contributed by atoms with Gasteiger partial charge in [0.05, 0.1) is 11.6 Å². The molecule has 2 aliphatic rings. The molecule has 2 atom stereocenters. The maximum atomic E-state index is 13.8. The van der Waals surface area contributed by atoms with Gasteiger partial charge in [0.1, 0.15) is 30.0 Å². The fourth-order valence-electron chi connectivity index (χ4n) is 5.70. The van der Waals surface area contributed by atoms with Crippen molar-refractivity contribution in [3.8, 4) is 11.5 Å². The minimum atomic E-state index is -0.979. The number of Topliss-reactive ketones (excluding diaryl/α,β-unsaturated/α-hetero) is 1. The van der Waals surface area contributed by atoms with Crippen molar-refractivity contribution < 1.29 is 24.2 Å². The van der Waals surface area contributed by atoms with Gasteiger partial charge in [-0.05, 0) is 65.6 Å². The highest BCUT2D eigenvalue weighted by Gasteiger charge is 2.48. The first-order valence-corrected chi connectivity index (χ1v) is 17.1. The summed E-state index contributed by atoms with van der Waals surface area (Å²) in [5.41, 5.74) is 3.83. The van der Waals surface area contributed by atoms with E-state index >= 15 is 0 Å². The van der Waals surface area contributed by atoms with Gasteiger partial charge in [-0.3, -0.25) is 14.5 Å². The second kappa shape index (κ2) is 13.2. The van der Waals surface area contributed by atoms with E-state index in [2.05, 4.69) is 10.2 Å². The van der Waals surface area contributed by atoms with Gasteiger partial charge >= 0.3 is 5.91 Å². The van der Waals surface area contributed by atoms with Crippen molar-refractivity contribution in [2.75, 3.05) is 4.90 Å². The van der Waals surface area contributed by atoms with E-state index in [1.165, 1.54) is 28.0 Å². The molecule has 1 saturated heterocycles. The Hall–Kier alpha value is -4.64. The summed E-state index contributed by atoms with van der Waals surface area (Å²) in [6.45, 7) is 2.31. The number of aliphatic hydroxyl groups excluding tert-OH is 1. The molecule has 11 heteroatoms. The smallest absolute Gasteiger partial charge is 0.301 e. The first-order valence-electron chi connectivity index (χ1n) is 14.9. The number of halogens is 1. The summed E-state index contributed by atoms with van der Waals surface area (Å²) < 4.78 is 12.5. The third-order valence-electron chi connectivity index (χ3n) is 7.95. The molecule has 236 valence electrons. The van der Waals surface area contributed by atoms with Gasteiger partial charge in [-0.2, -0.15) is 0 Å². The lowest BCUT2D eigenvalue weighted by atomic mass is 9.94. The molecular formula is C36H28ClN3O5S2. The summed E-state index contributed by atoms with van der Waals surface area (Å²) in [5.74, 6) is -0.0406. The maximum absolute atomic E-state index is 13.8. The van der Waals surface area contributed by atoms with Crippen molar-refractivity contribution in [3.05, 3.63) is 135 Å². The summed E-state index contributed by atoms with van der Waals surface area (Å²) >= 11 is 8.97. The molecule has 0 aliphatic carbocycles. The average Bonchev–Trinajstić information content (AvgIpc) is 3.78. The summed E-state index contributed by atoms with van der Waals surface area (Å²) in [6.07, 6.45) is 0.683. The molecule has 2 unspecified atom stereocenters. The van der Waals surface area contributed by atoms with Gasteiger partial charge in [0, 0.05) is 22.8 Å². The van der Waals surface area contributed by atoms with Gasteiger partial charge in [-0.1, -0.05) is 95.4 Å². The molecule has 4 aromatic carbocycles. The highest BCUT2D eigenvalue weighted by atomic mass is 35.5. The van der Waals surface area contributed by atoms with Crippen LogP contribution in [0.1, 0.15) is 40.8 Å². The number of ether oxygens (including phenoxy) is 2. The lowest BCUT2D eigenvalue weighted by Crippen LogP contribution is -2.29. The molecule has 1 aromatic heterocycles. The summed E-state index contributed by atoms with van der Waals surface area (Å²) in [5, 5.41) is 21.3. The molecule has 0 spiro atoms. The Morgan fingerprint density at radius 1 is 1.02 bits per heavy atom. The van der Waals surface area contributed by atoms with Gasteiger partial charge in [0.2, 0.25) is 5.13 Å². The van der Waals surface area contributed by atoms with E-state index in [-0.39, 0.29) is 22.6 Å². The number of ketones is 1. The zero-order chi connectivity index (χ0) is 32.5. The normalized spacial score (nSPS) is 18.3. The number of hydrogen-bond acceptors (Lipinski definition) is 9. The number of carbonyl (C=O) groups is 2. The first kappa shape index (κ1) is 31.0. The van der Waals surface area contributed by atoms with Crippen molar-refractivity contribution >= 4 is 57.3 Å². The Balaban J connectivity index is 1.26. The van der Waals surface area contributed by atoms with E-state index < -0.39 is 17.7 Å². The SMILES string of the molecule is CC1Cc2cc(/C(O)=C3/C(=O)C(=O)N(c4nnc(SCc5ccccc5Cl)s4)C3c3cccc(OCc4ccccc4)c3)ccc2O1. The van der Waals surface area contributed by atoms with Gasteiger partial charge < -0.3 is 14.6 Å².